The van der Waals surface area contributed by atoms with Gasteiger partial charge in [-0.15, -0.1) is 0 Å². The summed E-state index contributed by atoms with van der Waals surface area (Å²) < 4.78 is 37.2. The first-order valence-electron chi connectivity index (χ1n) is 18.3. The lowest BCUT2D eigenvalue weighted by atomic mass is 9.75. The van der Waals surface area contributed by atoms with Gasteiger partial charge in [0.1, 0.15) is 29.9 Å². The van der Waals surface area contributed by atoms with Crippen LogP contribution in [0.25, 0.3) is 0 Å². The number of hydrogen-bond donors (Lipinski definition) is 3. The second kappa shape index (κ2) is 17.1. The largest absolute Gasteiger partial charge is 0.461 e. The number of nitrogens with zero attached hydrogens (tertiary/aromatic N) is 1. The zero-order valence-corrected chi connectivity index (χ0v) is 32.5. The molecule has 3 rings (SSSR count). The van der Waals surface area contributed by atoms with Gasteiger partial charge in [-0.05, 0) is 74.9 Å². The molecule has 3 fully saturated rings. The van der Waals surface area contributed by atoms with Crippen LogP contribution in [0.15, 0.2) is 0 Å². The number of aliphatic hydroxyl groups is 3. The first-order chi connectivity index (χ1) is 23.1. The van der Waals surface area contributed by atoms with Gasteiger partial charge in [0, 0.05) is 31.4 Å². The van der Waals surface area contributed by atoms with E-state index in [1.807, 2.05) is 32.8 Å². The number of esters is 1. The summed E-state index contributed by atoms with van der Waals surface area (Å²) in [4.78, 5) is 43.2. The number of ether oxygens (including phenoxy) is 6. The van der Waals surface area contributed by atoms with Gasteiger partial charge in [-0.3, -0.25) is 14.4 Å². The molecule has 0 aliphatic carbocycles. The third-order valence-electron chi connectivity index (χ3n) is 11.5. The SMILES string of the molecule is CC[C@@H]1OC(=O)[C@H](C)[C@@H](OC2C[C@@](C)(OC)[C@@H](O)[C@H](C)O2)[C@H](C)[C@@H](OC2O[C@H](C)C[C@H](N(C)C)[C@H]2O)[C@](C)(O)C[C@@H](C)C(=O)C(C)C(=O)[C@@H]1C. The Kier molecular flexibility index (Phi) is 14.6. The Bertz CT molecular complexity index is 1170. The van der Waals surface area contributed by atoms with Crippen LogP contribution in [0.2, 0.25) is 0 Å². The summed E-state index contributed by atoms with van der Waals surface area (Å²) in [5.74, 6) is -5.57. The fraction of sp³-hybridized carbons (Fsp3) is 0.919. The van der Waals surface area contributed by atoms with E-state index in [0.29, 0.717) is 12.8 Å². The van der Waals surface area contributed by atoms with E-state index >= 15 is 0 Å². The van der Waals surface area contributed by atoms with Crippen molar-refractivity contribution >= 4 is 17.5 Å². The summed E-state index contributed by atoms with van der Waals surface area (Å²) in [5.41, 5.74) is -2.77. The van der Waals surface area contributed by atoms with Crippen molar-refractivity contribution in [2.75, 3.05) is 21.2 Å². The van der Waals surface area contributed by atoms with E-state index in [-0.39, 0.29) is 36.6 Å². The number of cyclic esters (lactones) is 1. The van der Waals surface area contributed by atoms with Crippen LogP contribution in [0.3, 0.4) is 0 Å². The van der Waals surface area contributed by atoms with Crippen LogP contribution in [0, 0.1) is 29.6 Å². The van der Waals surface area contributed by atoms with Crippen molar-refractivity contribution in [2.24, 2.45) is 29.6 Å². The highest BCUT2D eigenvalue weighted by molar-refractivity contribution is 6.04. The van der Waals surface area contributed by atoms with Gasteiger partial charge in [0.2, 0.25) is 0 Å². The predicted molar refractivity (Wildman–Crippen MR) is 184 cm³/mol. The Labute approximate surface area is 298 Å². The molecule has 13 heteroatoms. The van der Waals surface area contributed by atoms with Gasteiger partial charge in [0.05, 0.1) is 53.4 Å². The molecule has 0 aromatic rings. The number of aliphatic hydroxyl groups excluding tert-OH is 2. The molecule has 3 aliphatic heterocycles. The Hall–Kier alpha value is -1.55. The molecule has 0 spiro atoms. The van der Waals surface area contributed by atoms with Crippen molar-refractivity contribution in [3.05, 3.63) is 0 Å². The van der Waals surface area contributed by atoms with Gasteiger partial charge in [0.15, 0.2) is 12.6 Å². The van der Waals surface area contributed by atoms with Crippen LogP contribution in [-0.2, 0) is 42.8 Å². The molecule has 3 aliphatic rings. The Morgan fingerprint density at radius 2 is 1.52 bits per heavy atom. The molecule has 0 saturated carbocycles. The van der Waals surface area contributed by atoms with Gasteiger partial charge in [-0.25, -0.2) is 0 Å². The smallest absolute Gasteiger partial charge is 0.311 e. The maximum atomic E-state index is 14.0. The van der Waals surface area contributed by atoms with Gasteiger partial charge in [0.25, 0.3) is 0 Å². The molecular formula is C37H65NO12. The van der Waals surface area contributed by atoms with E-state index in [2.05, 4.69) is 0 Å². The monoisotopic (exact) mass is 715 g/mol. The van der Waals surface area contributed by atoms with E-state index in [9.17, 15) is 29.7 Å². The zero-order chi connectivity index (χ0) is 38.0. The van der Waals surface area contributed by atoms with Crippen molar-refractivity contribution in [1.82, 2.24) is 4.90 Å². The van der Waals surface area contributed by atoms with Crippen molar-refractivity contribution in [2.45, 2.75) is 167 Å². The first-order valence-corrected chi connectivity index (χ1v) is 18.3. The molecule has 13 nitrogen and oxygen atoms in total. The molecule has 0 aromatic carbocycles. The van der Waals surface area contributed by atoms with Crippen molar-refractivity contribution < 1.29 is 58.1 Å². The van der Waals surface area contributed by atoms with E-state index < -0.39 is 96.0 Å². The standard InChI is InChI=1S/C37H65NO12/c1-14-26-20(4)29(40)21(5)28(39)18(2)16-36(9,44)33(50-35-30(41)25(38(11)12)15-19(3)46-35)22(6)31(23(7)34(43)48-26)49-27-17-37(10,45-13)32(42)24(8)47-27/h18-27,30-33,35,41-42,44H,14-17H2,1-13H3/t18-,19-,20-,21?,22+,23-,24+,25+,26+,27?,30-,31+,32+,33-,35?,36-,37-/m1/s1. The number of carbonyl (C=O) groups excluding carboxylic acids is 3. The minimum Gasteiger partial charge on any atom is -0.461 e. The maximum absolute atomic E-state index is 14.0. The molecule has 0 radical (unpaired) electrons. The van der Waals surface area contributed by atoms with E-state index in [1.54, 1.807) is 55.4 Å². The lowest BCUT2D eigenvalue weighted by Gasteiger charge is -2.48. The molecule has 290 valence electrons. The topological polar surface area (TPSA) is 171 Å². The molecular weight excluding hydrogens is 650 g/mol. The van der Waals surface area contributed by atoms with E-state index in [1.165, 1.54) is 7.11 Å². The minimum absolute atomic E-state index is 0.0873. The average molecular weight is 716 g/mol. The number of carbonyl (C=O) groups is 3. The number of hydrogen-bond acceptors (Lipinski definition) is 13. The van der Waals surface area contributed by atoms with Gasteiger partial charge < -0.3 is 48.6 Å². The van der Waals surface area contributed by atoms with Crippen molar-refractivity contribution in [1.29, 1.82) is 0 Å². The summed E-state index contributed by atoms with van der Waals surface area (Å²) in [7, 11) is 5.21. The minimum atomic E-state index is -1.75. The van der Waals surface area contributed by atoms with Gasteiger partial charge in [-0.2, -0.15) is 0 Å². The number of likely N-dealkylation sites (N-methyl/N-ethyl adjacent to an activating group) is 1. The highest BCUT2D eigenvalue weighted by Crippen LogP contribution is 2.40. The highest BCUT2D eigenvalue weighted by Gasteiger charge is 2.52. The molecule has 3 heterocycles. The average Bonchev–Trinajstić information content (AvgIpc) is 3.05. The zero-order valence-electron chi connectivity index (χ0n) is 32.5. The second-order valence-corrected chi connectivity index (χ2v) is 16.0. The molecule has 3 N–H and O–H groups in total. The number of ketones is 2. The summed E-state index contributed by atoms with van der Waals surface area (Å²) in [6.45, 7) is 17.0. The Morgan fingerprint density at radius 1 is 0.900 bits per heavy atom. The summed E-state index contributed by atoms with van der Waals surface area (Å²) in [6, 6.07) is -0.306. The molecule has 0 amide bonds. The van der Waals surface area contributed by atoms with Gasteiger partial charge in [-0.1, -0.05) is 27.7 Å². The number of methoxy groups -OCH3 is 1. The molecule has 50 heavy (non-hydrogen) atoms. The Balaban J connectivity index is 2.16. The van der Waals surface area contributed by atoms with Crippen LogP contribution < -0.4 is 0 Å². The second-order valence-electron chi connectivity index (χ2n) is 16.0. The summed E-state index contributed by atoms with van der Waals surface area (Å²) >= 11 is 0. The third kappa shape index (κ3) is 9.32. The first kappa shape index (κ1) is 42.9. The highest BCUT2D eigenvalue weighted by atomic mass is 16.7. The maximum Gasteiger partial charge on any atom is 0.311 e. The van der Waals surface area contributed by atoms with Crippen LogP contribution in [0.5, 0.6) is 0 Å². The molecule has 17 atom stereocenters. The summed E-state index contributed by atoms with van der Waals surface area (Å²) in [5, 5.41) is 34.7. The van der Waals surface area contributed by atoms with Crippen molar-refractivity contribution in [3.63, 3.8) is 0 Å². The fourth-order valence-corrected chi connectivity index (χ4v) is 8.19. The molecule has 3 unspecified atom stereocenters. The van der Waals surface area contributed by atoms with Crippen LogP contribution in [0.4, 0.5) is 0 Å². The van der Waals surface area contributed by atoms with Crippen molar-refractivity contribution in [3.8, 4) is 0 Å². The normalized spacial score (nSPS) is 47.5. The quantitative estimate of drug-likeness (QED) is 0.260. The van der Waals surface area contributed by atoms with E-state index in [4.69, 9.17) is 28.4 Å². The van der Waals surface area contributed by atoms with Gasteiger partial charge >= 0.3 is 5.97 Å². The molecule has 3 saturated heterocycles. The third-order valence-corrected chi connectivity index (χ3v) is 11.5. The number of rotatable bonds is 7. The summed E-state index contributed by atoms with van der Waals surface area (Å²) in [6.07, 6.45) is -7.14. The van der Waals surface area contributed by atoms with E-state index in [0.717, 1.165) is 0 Å². The molecule has 0 bridgehead atoms. The Morgan fingerprint density at radius 3 is 2.08 bits per heavy atom. The fourth-order valence-electron chi connectivity index (χ4n) is 8.19. The van der Waals surface area contributed by atoms with Crippen LogP contribution >= 0.6 is 0 Å². The lowest BCUT2D eigenvalue weighted by molar-refractivity contribution is -0.317. The lowest BCUT2D eigenvalue weighted by Crippen LogP contribution is -2.60. The molecule has 0 aromatic heterocycles. The predicted octanol–water partition coefficient (Wildman–Crippen LogP) is 2.88. The van der Waals surface area contributed by atoms with Crippen LogP contribution in [0.1, 0.15) is 94.9 Å². The number of Topliss-reactive ketones (excluding diaryl/α,β-unsaturated/α-hetero) is 2. The van der Waals surface area contributed by atoms with Crippen LogP contribution in [-0.4, -0.2) is 132 Å².